The first-order chi connectivity index (χ1) is 14.6. The Kier molecular flexibility index (Phi) is 5.55. The van der Waals surface area contributed by atoms with Crippen molar-refractivity contribution in [3.8, 4) is 6.07 Å². The van der Waals surface area contributed by atoms with Crippen LogP contribution in [-0.2, 0) is 21.7 Å². The highest BCUT2D eigenvalue weighted by Crippen LogP contribution is 2.37. The summed E-state index contributed by atoms with van der Waals surface area (Å²) in [6.45, 7) is 1.32. The maximum atomic E-state index is 13.6. The molecule has 1 amide bonds. The summed E-state index contributed by atoms with van der Waals surface area (Å²) in [4.78, 5) is 19.5. The molecule has 3 heterocycles. The van der Waals surface area contributed by atoms with Crippen LogP contribution < -0.4 is 5.73 Å². The molecule has 2 atom stereocenters. The van der Waals surface area contributed by atoms with Gasteiger partial charge in [-0.2, -0.15) is 10.4 Å². The molecule has 8 heteroatoms. The molecule has 1 saturated heterocycles. The third kappa shape index (κ3) is 3.93. The van der Waals surface area contributed by atoms with Crippen molar-refractivity contribution < 1.29 is 9.53 Å². The van der Waals surface area contributed by atoms with Crippen molar-refractivity contribution in [2.24, 2.45) is 16.0 Å². The summed E-state index contributed by atoms with van der Waals surface area (Å²) in [5.41, 5.74) is 6.65. The standard InChI is InChI=1S/C22H22N6O2/c23-13-16-6-8-17(9-7-16)22(21(29)28-11-3-4-18(24)14-28)12-20(26-27-22)30-15-19-5-1-2-10-25-19/h1-2,5-10,12,18H,3-4,11,14-15,24H2/t18-,22?/m1/s1. The van der Waals surface area contributed by atoms with Gasteiger partial charge in [0.05, 0.1) is 17.3 Å². The number of amides is 1. The van der Waals surface area contributed by atoms with Gasteiger partial charge in [-0.3, -0.25) is 9.78 Å². The topological polar surface area (TPSA) is 117 Å². The van der Waals surface area contributed by atoms with Crippen LogP contribution in [0.25, 0.3) is 0 Å². The molecular weight excluding hydrogens is 380 g/mol. The number of nitriles is 1. The summed E-state index contributed by atoms with van der Waals surface area (Å²) in [7, 11) is 0. The maximum Gasteiger partial charge on any atom is 0.261 e. The van der Waals surface area contributed by atoms with Gasteiger partial charge in [0, 0.05) is 31.4 Å². The molecule has 0 radical (unpaired) electrons. The van der Waals surface area contributed by atoms with Gasteiger partial charge < -0.3 is 15.4 Å². The third-order valence-electron chi connectivity index (χ3n) is 5.26. The number of benzene rings is 1. The smallest absolute Gasteiger partial charge is 0.261 e. The number of carbonyl (C=O) groups is 1. The number of nitrogens with two attached hydrogens (primary N) is 1. The van der Waals surface area contributed by atoms with E-state index in [9.17, 15) is 4.79 Å². The molecule has 0 aliphatic carbocycles. The predicted octanol–water partition coefficient (Wildman–Crippen LogP) is 2.62. The van der Waals surface area contributed by atoms with E-state index >= 15 is 0 Å². The number of likely N-dealkylation sites (tertiary alicyclic amines) is 1. The molecule has 4 rings (SSSR count). The van der Waals surface area contributed by atoms with E-state index in [0.717, 1.165) is 18.5 Å². The number of nitrogens with zero attached hydrogens (tertiary/aromatic N) is 5. The maximum absolute atomic E-state index is 13.6. The number of hydrogen-bond donors (Lipinski definition) is 1. The fourth-order valence-electron chi connectivity index (χ4n) is 3.67. The number of aromatic nitrogens is 1. The van der Waals surface area contributed by atoms with Gasteiger partial charge in [-0.25, -0.2) is 0 Å². The molecule has 8 nitrogen and oxygen atoms in total. The summed E-state index contributed by atoms with van der Waals surface area (Å²) in [6.07, 6.45) is 5.07. The zero-order valence-electron chi connectivity index (χ0n) is 16.4. The minimum atomic E-state index is -1.33. The highest BCUT2D eigenvalue weighted by atomic mass is 16.5. The first-order valence-electron chi connectivity index (χ1n) is 9.85. The fraction of sp³-hybridized carbons (Fsp3) is 0.318. The van der Waals surface area contributed by atoms with Crippen LogP contribution in [0.1, 0.15) is 29.7 Å². The number of carbonyl (C=O) groups excluding carboxylic acids is 1. The van der Waals surface area contributed by atoms with Crippen molar-refractivity contribution in [2.75, 3.05) is 13.1 Å². The summed E-state index contributed by atoms with van der Waals surface area (Å²) in [6, 6.07) is 14.4. The van der Waals surface area contributed by atoms with Crippen LogP contribution in [0.5, 0.6) is 0 Å². The summed E-state index contributed by atoms with van der Waals surface area (Å²) in [5.74, 6) is 0.0715. The normalized spacial score (nSPS) is 23.0. The third-order valence-corrected chi connectivity index (χ3v) is 5.26. The number of hydrogen-bond acceptors (Lipinski definition) is 7. The van der Waals surface area contributed by atoms with Gasteiger partial charge in [0.25, 0.3) is 5.91 Å². The van der Waals surface area contributed by atoms with Crippen LogP contribution in [0.2, 0.25) is 0 Å². The van der Waals surface area contributed by atoms with Crippen LogP contribution in [0.15, 0.2) is 70.8 Å². The molecule has 0 saturated carbocycles. The van der Waals surface area contributed by atoms with Crippen LogP contribution in [0.3, 0.4) is 0 Å². The highest BCUT2D eigenvalue weighted by molar-refractivity contribution is 5.91. The van der Waals surface area contributed by atoms with Gasteiger partial charge in [0.15, 0.2) is 0 Å². The van der Waals surface area contributed by atoms with Gasteiger partial charge in [0.1, 0.15) is 6.61 Å². The summed E-state index contributed by atoms with van der Waals surface area (Å²) < 4.78 is 5.76. The second kappa shape index (κ2) is 8.43. The number of azo groups is 1. The van der Waals surface area contributed by atoms with Gasteiger partial charge in [-0.15, -0.1) is 5.11 Å². The average Bonchev–Trinajstić information content (AvgIpc) is 3.23. The van der Waals surface area contributed by atoms with Crippen molar-refractivity contribution in [1.29, 1.82) is 5.26 Å². The Balaban J connectivity index is 1.64. The molecule has 0 bridgehead atoms. The van der Waals surface area contributed by atoms with Crippen molar-refractivity contribution in [2.45, 2.75) is 31.0 Å². The second-order valence-corrected chi connectivity index (χ2v) is 7.40. The molecule has 30 heavy (non-hydrogen) atoms. The monoisotopic (exact) mass is 402 g/mol. The lowest BCUT2D eigenvalue weighted by Crippen LogP contribution is -2.51. The van der Waals surface area contributed by atoms with E-state index in [1.807, 2.05) is 18.2 Å². The number of pyridine rings is 1. The minimum absolute atomic E-state index is 0.0529. The van der Waals surface area contributed by atoms with E-state index in [1.54, 1.807) is 41.4 Å². The Morgan fingerprint density at radius 3 is 2.83 bits per heavy atom. The number of piperidine rings is 1. The zero-order valence-corrected chi connectivity index (χ0v) is 16.4. The van der Waals surface area contributed by atoms with Crippen LogP contribution >= 0.6 is 0 Å². The molecule has 1 aromatic carbocycles. The van der Waals surface area contributed by atoms with Crippen molar-refractivity contribution >= 4 is 5.91 Å². The fourth-order valence-corrected chi connectivity index (χ4v) is 3.67. The van der Waals surface area contributed by atoms with Crippen molar-refractivity contribution in [3.05, 3.63) is 77.4 Å². The molecule has 1 unspecified atom stereocenters. The van der Waals surface area contributed by atoms with E-state index in [0.29, 0.717) is 24.2 Å². The van der Waals surface area contributed by atoms with E-state index in [4.69, 9.17) is 15.7 Å². The van der Waals surface area contributed by atoms with Crippen LogP contribution in [0, 0.1) is 11.3 Å². The lowest BCUT2D eigenvalue weighted by molar-refractivity contribution is -0.136. The number of ether oxygens (including phenoxy) is 1. The Bertz CT molecular complexity index is 1010. The predicted molar refractivity (Wildman–Crippen MR) is 109 cm³/mol. The Morgan fingerprint density at radius 1 is 1.30 bits per heavy atom. The molecule has 1 fully saturated rings. The highest BCUT2D eigenvalue weighted by Gasteiger charge is 2.46. The van der Waals surface area contributed by atoms with E-state index < -0.39 is 5.54 Å². The lowest BCUT2D eigenvalue weighted by atomic mass is 9.88. The van der Waals surface area contributed by atoms with E-state index in [-0.39, 0.29) is 24.4 Å². The molecular formula is C22H22N6O2. The van der Waals surface area contributed by atoms with Crippen molar-refractivity contribution in [3.63, 3.8) is 0 Å². The molecule has 0 spiro atoms. The molecule has 2 aliphatic rings. The Labute approximate surface area is 174 Å². The largest absolute Gasteiger partial charge is 0.470 e. The molecule has 152 valence electrons. The first-order valence-corrected chi connectivity index (χ1v) is 9.85. The molecule has 1 aromatic heterocycles. The molecule has 2 N–H and O–H groups in total. The lowest BCUT2D eigenvalue weighted by Gasteiger charge is -2.35. The Morgan fingerprint density at radius 2 is 2.13 bits per heavy atom. The van der Waals surface area contributed by atoms with Gasteiger partial charge in [0.2, 0.25) is 11.4 Å². The van der Waals surface area contributed by atoms with E-state index in [2.05, 4.69) is 21.3 Å². The Hall–Kier alpha value is -3.57. The quantitative estimate of drug-likeness (QED) is 0.825. The average molecular weight is 402 g/mol. The number of rotatable bonds is 5. The summed E-state index contributed by atoms with van der Waals surface area (Å²) >= 11 is 0. The minimum Gasteiger partial charge on any atom is -0.470 e. The van der Waals surface area contributed by atoms with Gasteiger partial charge >= 0.3 is 0 Å². The first kappa shape index (κ1) is 19.7. The van der Waals surface area contributed by atoms with Crippen molar-refractivity contribution in [1.82, 2.24) is 9.88 Å². The molecule has 2 aliphatic heterocycles. The zero-order chi connectivity index (χ0) is 21.0. The van der Waals surface area contributed by atoms with Crippen LogP contribution in [0.4, 0.5) is 0 Å². The van der Waals surface area contributed by atoms with Gasteiger partial charge in [-0.1, -0.05) is 18.2 Å². The van der Waals surface area contributed by atoms with E-state index in [1.165, 1.54) is 0 Å². The molecule has 2 aromatic rings. The van der Waals surface area contributed by atoms with Crippen LogP contribution in [-0.4, -0.2) is 34.9 Å². The van der Waals surface area contributed by atoms with Gasteiger partial charge in [-0.05, 0) is 42.7 Å². The second-order valence-electron chi connectivity index (χ2n) is 7.40. The summed E-state index contributed by atoms with van der Waals surface area (Å²) in [5, 5.41) is 17.6. The SMILES string of the molecule is N#Cc1ccc(C2(C(=O)N3CCC[C@@H](N)C3)C=C(OCc3ccccn3)N=N2)cc1.